The van der Waals surface area contributed by atoms with Gasteiger partial charge in [0, 0.05) is 12.3 Å². The first-order valence-electron chi connectivity index (χ1n) is 5.43. The van der Waals surface area contributed by atoms with Gasteiger partial charge in [0.2, 0.25) is 0 Å². The monoisotopic (exact) mass is 310 g/mol. The SMILES string of the molecule is O=c1ccn([C@@H]2O[C@@](CO)(CCl)[C@@H](O)[C@@H]2Cl)c(=O)[nH]1. The summed E-state index contributed by atoms with van der Waals surface area (Å²) in [7, 11) is 0. The molecule has 0 amide bonds. The van der Waals surface area contributed by atoms with Gasteiger partial charge in [0.1, 0.15) is 17.1 Å². The lowest BCUT2D eigenvalue weighted by molar-refractivity contribution is -0.114. The first-order valence-corrected chi connectivity index (χ1v) is 6.40. The largest absolute Gasteiger partial charge is 0.393 e. The van der Waals surface area contributed by atoms with E-state index >= 15 is 0 Å². The zero-order valence-corrected chi connectivity index (χ0v) is 11.1. The van der Waals surface area contributed by atoms with Crippen molar-refractivity contribution in [3.63, 3.8) is 0 Å². The van der Waals surface area contributed by atoms with Gasteiger partial charge in [-0.25, -0.2) is 4.79 Å². The number of aliphatic hydroxyl groups is 2. The maximum Gasteiger partial charge on any atom is 0.330 e. The minimum atomic E-state index is -1.44. The van der Waals surface area contributed by atoms with E-state index in [2.05, 4.69) is 4.98 Å². The minimum Gasteiger partial charge on any atom is -0.393 e. The van der Waals surface area contributed by atoms with Crippen molar-refractivity contribution in [2.45, 2.75) is 23.3 Å². The molecule has 0 radical (unpaired) electrons. The topological polar surface area (TPSA) is 105 Å². The van der Waals surface area contributed by atoms with Crippen molar-refractivity contribution in [2.75, 3.05) is 12.5 Å². The number of nitrogens with one attached hydrogen (secondary N) is 1. The fourth-order valence-corrected chi connectivity index (χ4v) is 2.65. The number of H-pyrrole nitrogens is 1. The Morgan fingerprint density at radius 2 is 2.21 bits per heavy atom. The highest BCUT2D eigenvalue weighted by atomic mass is 35.5. The highest BCUT2D eigenvalue weighted by molar-refractivity contribution is 6.22. The fraction of sp³-hybridized carbons (Fsp3) is 0.600. The first-order chi connectivity index (χ1) is 8.95. The zero-order valence-electron chi connectivity index (χ0n) is 9.62. The molecule has 2 rings (SSSR count). The second-order valence-electron chi connectivity index (χ2n) is 4.27. The van der Waals surface area contributed by atoms with Crippen LogP contribution in [0, 0.1) is 0 Å². The third-order valence-corrected chi connectivity index (χ3v) is 3.99. The van der Waals surface area contributed by atoms with Crippen molar-refractivity contribution in [1.82, 2.24) is 9.55 Å². The number of alkyl halides is 2. The first kappa shape index (κ1) is 14.5. The van der Waals surface area contributed by atoms with E-state index in [1.54, 1.807) is 0 Å². The van der Waals surface area contributed by atoms with Crippen molar-refractivity contribution < 1.29 is 14.9 Å². The standard InChI is InChI=1S/C10H12Cl2N2O5/c11-3-10(4-15)7(17)6(12)8(19-10)14-2-1-5(16)13-9(14)18/h1-2,6-8,15,17H,3-4H2,(H,13,16,18)/t6-,7-,8+,10+/m0/s1. The van der Waals surface area contributed by atoms with Crippen LogP contribution in [0.15, 0.2) is 21.9 Å². The Kier molecular flexibility index (Phi) is 4.03. The fourth-order valence-electron chi connectivity index (χ4n) is 1.94. The molecule has 0 unspecified atom stereocenters. The molecular weight excluding hydrogens is 299 g/mol. The van der Waals surface area contributed by atoms with Gasteiger partial charge in [-0.05, 0) is 0 Å². The Morgan fingerprint density at radius 1 is 1.53 bits per heavy atom. The van der Waals surface area contributed by atoms with Crippen molar-refractivity contribution in [3.05, 3.63) is 33.1 Å². The van der Waals surface area contributed by atoms with Gasteiger partial charge < -0.3 is 14.9 Å². The second-order valence-corrected chi connectivity index (χ2v) is 5.04. The summed E-state index contributed by atoms with van der Waals surface area (Å²) in [6.07, 6.45) is -1.08. The van der Waals surface area contributed by atoms with Crippen LogP contribution in [-0.2, 0) is 4.74 Å². The van der Waals surface area contributed by atoms with E-state index < -0.39 is 41.2 Å². The highest BCUT2D eigenvalue weighted by Crippen LogP contribution is 2.40. The lowest BCUT2D eigenvalue weighted by atomic mass is 10.00. The molecule has 2 heterocycles. The summed E-state index contributed by atoms with van der Waals surface area (Å²) in [6.45, 7) is -0.546. The van der Waals surface area contributed by atoms with Crippen LogP contribution in [0.4, 0.5) is 0 Å². The predicted molar refractivity (Wildman–Crippen MR) is 67.6 cm³/mol. The second kappa shape index (κ2) is 5.26. The van der Waals surface area contributed by atoms with E-state index in [9.17, 15) is 19.8 Å². The third-order valence-electron chi connectivity index (χ3n) is 3.09. The smallest absolute Gasteiger partial charge is 0.330 e. The maximum absolute atomic E-state index is 11.7. The van der Waals surface area contributed by atoms with Gasteiger partial charge in [0.15, 0.2) is 6.23 Å². The molecule has 1 aromatic rings. The lowest BCUT2D eigenvalue weighted by Gasteiger charge is -2.27. The Morgan fingerprint density at radius 3 is 2.68 bits per heavy atom. The molecule has 0 saturated carbocycles. The van der Waals surface area contributed by atoms with Crippen LogP contribution in [0.3, 0.4) is 0 Å². The zero-order chi connectivity index (χ0) is 14.2. The maximum atomic E-state index is 11.7. The number of nitrogens with zero attached hydrogens (tertiary/aromatic N) is 1. The van der Waals surface area contributed by atoms with Gasteiger partial charge in [0.25, 0.3) is 5.56 Å². The number of aliphatic hydroxyl groups excluding tert-OH is 2. The molecule has 3 N–H and O–H groups in total. The van der Waals surface area contributed by atoms with Crippen LogP contribution in [0.2, 0.25) is 0 Å². The highest BCUT2D eigenvalue weighted by Gasteiger charge is 2.54. The van der Waals surface area contributed by atoms with E-state index in [1.165, 1.54) is 6.20 Å². The Balaban J connectivity index is 2.42. The molecule has 106 valence electrons. The molecule has 0 spiro atoms. The number of aromatic nitrogens is 2. The number of rotatable bonds is 3. The number of ether oxygens (including phenoxy) is 1. The van der Waals surface area contributed by atoms with Crippen LogP contribution in [0.25, 0.3) is 0 Å². The molecule has 1 aliphatic rings. The molecule has 0 bridgehead atoms. The summed E-state index contributed by atoms with van der Waals surface area (Å²) in [5.74, 6) is -0.192. The molecule has 0 aromatic carbocycles. The van der Waals surface area contributed by atoms with Gasteiger partial charge in [-0.1, -0.05) is 0 Å². The molecular formula is C10H12Cl2N2O5. The van der Waals surface area contributed by atoms with Crippen LogP contribution < -0.4 is 11.2 Å². The van der Waals surface area contributed by atoms with Gasteiger partial charge in [-0.2, -0.15) is 0 Å². The van der Waals surface area contributed by atoms with Crippen LogP contribution in [-0.4, -0.2) is 49.3 Å². The molecule has 1 aromatic heterocycles. The van der Waals surface area contributed by atoms with E-state index in [4.69, 9.17) is 27.9 Å². The van der Waals surface area contributed by atoms with E-state index in [0.717, 1.165) is 10.6 Å². The number of halogens is 2. The molecule has 0 aliphatic carbocycles. The molecule has 19 heavy (non-hydrogen) atoms. The normalized spacial score (nSPS) is 34.6. The third kappa shape index (κ3) is 2.32. The molecule has 7 nitrogen and oxygen atoms in total. The average Bonchev–Trinajstić information content (AvgIpc) is 2.64. The van der Waals surface area contributed by atoms with Gasteiger partial charge in [-0.15, -0.1) is 23.2 Å². The number of aromatic amines is 1. The quantitative estimate of drug-likeness (QED) is 0.621. The van der Waals surface area contributed by atoms with Crippen molar-refractivity contribution >= 4 is 23.2 Å². The summed E-state index contributed by atoms with van der Waals surface area (Å²) >= 11 is 11.7. The molecule has 1 aliphatic heterocycles. The molecule has 1 saturated heterocycles. The van der Waals surface area contributed by atoms with Gasteiger partial charge >= 0.3 is 5.69 Å². The summed E-state index contributed by atoms with van der Waals surface area (Å²) < 4.78 is 6.49. The van der Waals surface area contributed by atoms with Crippen molar-refractivity contribution in [2.24, 2.45) is 0 Å². The van der Waals surface area contributed by atoms with Gasteiger partial charge in [0.05, 0.1) is 12.5 Å². The summed E-state index contributed by atoms with van der Waals surface area (Å²) in [4.78, 5) is 24.7. The van der Waals surface area contributed by atoms with E-state index in [0.29, 0.717) is 0 Å². The summed E-state index contributed by atoms with van der Waals surface area (Å²) in [5.41, 5.74) is -2.72. The van der Waals surface area contributed by atoms with Crippen molar-refractivity contribution in [3.8, 4) is 0 Å². The number of hydrogen-bond acceptors (Lipinski definition) is 5. The summed E-state index contributed by atoms with van der Waals surface area (Å²) in [5, 5.41) is 18.3. The molecule has 9 heteroatoms. The van der Waals surface area contributed by atoms with Gasteiger partial charge in [-0.3, -0.25) is 14.3 Å². The Bertz CT molecular complexity index is 568. The lowest BCUT2D eigenvalue weighted by Crippen LogP contribution is -2.47. The molecule has 4 atom stereocenters. The molecule has 1 fully saturated rings. The Labute approximate surface area is 117 Å². The summed E-state index contributed by atoms with van der Waals surface area (Å²) in [6, 6.07) is 1.13. The average molecular weight is 311 g/mol. The predicted octanol–water partition coefficient (Wildman–Crippen LogP) is -0.996. The van der Waals surface area contributed by atoms with Crippen LogP contribution >= 0.6 is 23.2 Å². The van der Waals surface area contributed by atoms with Crippen LogP contribution in [0.5, 0.6) is 0 Å². The Hall–Kier alpha value is -0.860. The van der Waals surface area contributed by atoms with Crippen LogP contribution in [0.1, 0.15) is 6.23 Å². The van der Waals surface area contributed by atoms with E-state index in [1.807, 2.05) is 0 Å². The van der Waals surface area contributed by atoms with Crippen molar-refractivity contribution in [1.29, 1.82) is 0 Å². The number of hydrogen-bond donors (Lipinski definition) is 3. The minimum absolute atomic E-state index is 0.192. The van der Waals surface area contributed by atoms with E-state index in [-0.39, 0.29) is 5.88 Å².